The van der Waals surface area contributed by atoms with E-state index in [1.165, 1.54) is 17.7 Å². The second-order valence-corrected chi connectivity index (χ2v) is 6.92. The molecule has 0 amide bonds. The van der Waals surface area contributed by atoms with E-state index in [-0.39, 0.29) is 16.7 Å². The fourth-order valence-corrected chi connectivity index (χ4v) is 3.40. The van der Waals surface area contributed by atoms with E-state index in [9.17, 15) is 10.1 Å². The highest BCUT2D eigenvalue weighted by Gasteiger charge is 2.28. The van der Waals surface area contributed by atoms with Gasteiger partial charge < -0.3 is 4.74 Å². The van der Waals surface area contributed by atoms with E-state index in [0.717, 1.165) is 41.5 Å². The number of rotatable bonds is 8. The van der Waals surface area contributed by atoms with Gasteiger partial charge in [-0.2, -0.15) is 0 Å². The van der Waals surface area contributed by atoms with Crippen molar-refractivity contribution in [1.29, 1.82) is 0 Å². The van der Waals surface area contributed by atoms with Gasteiger partial charge in [-0.15, -0.1) is 0 Å². The van der Waals surface area contributed by atoms with Crippen molar-refractivity contribution < 1.29 is 9.66 Å². The molecular formula is C24H25NO3. The number of unbranched alkanes of at least 4 members (excludes halogenated alkanes) is 1. The van der Waals surface area contributed by atoms with E-state index < -0.39 is 0 Å². The van der Waals surface area contributed by atoms with Crippen LogP contribution in [0.5, 0.6) is 0 Å². The topological polar surface area (TPSA) is 52.4 Å². The minimum absolute atomic E-state index is 0.0938. The lowest BCUT2D eigenvalue weighted by Gasteiger charge is -2.15. The molecule has 4 nitrogen and oxygen atoms in total. The summed E-state index contributed by atoms with van der Waals surface area (Å²) in [4.78, 5) is 10.5. The van der Waals surface area contributed by atoms with Crippen molar-refractivity contribution in [3.63, 3.8) is 0 Å². The Balaban J connectivity index is 1.86. The van der Waals surface area contributed by atoms with Crippen LogP contribution in [0, 0.1) is 10.1 Å². The predicted octanol–water partition coefficient (Wildman–Crippen LogP) is 6.42. The van der Waals surface area contributed by atoms with Gasteiger partial charge in [-0.1, -0.05) is 62.4 Å². The molecule has 0 fully saturated rings. The summed E-state index contributed by atoms with van der Waals surface area (Å²) in [5, 5.41) is 10.9. The molecule has 1 unspecified atom stereocenters. The molecule has 0 bridgehead atoms. The Morgan fingerprint density at radius 3 is 2.57 bits per heavy atom. The molecule has 144 valence electrons. The van der Waals surface area contributed by atoms with Crippen LogP contribution in [-0.4, -0.2) is 11.5 Å². The number of ether oxygens (including phenoxy) is 1. The van der Waals surface area contributed by atoms with Crippen molar-refractivity contribution >= 4 is 11.8 Å². The third-order valence-electron chi connectivity index (χ3n) is 4.97. The van der Waals surface area contributed by atoms with Gasteiger partial charge in [0.1, 0.15) is 6.10 Å². The largest absolute Gasteiger partial charge is 0.364 e. The lowest BCUT2D eigenvalue weighted by molar-refractivity contribution is -0.384. The molecule has 0 saturated heterocycles. The number of nitro groups is 1. The zero-order valence-corrected chi connectivity index (χ0v) is 16.1. The highest BCUT2D eigenvalue weighted by atomic mass is 16.6. The molecule has 1 aliphatic rings. The highest BCUT2D eigenvalue weighted by Crippen LogP contribution is 2.40. The van der Waals surface area contributed by atoms with E-state index in [1.807, 2.05) is 24.3 Å². The van der Waals surface area contributed by atoms with Crippen LogP contribution in [0.2, 0.25) is 0 Å². The van der Waals surface area contributed by atoms with Crippen LogP contribution in [-0.2, 0) is 4.74 Å². The summed E-state index contributed by atoms with van der Waals surface area (Å²) >= 11 is 0. The Hall–Kier alpha value is -2.98. The number of hydrogen-bond acceptors (Lipinski definition) is 3. The standard InChI is InChI=1S/C24H25NO3/c1-3-4-10-22-23(18(2)11-12-19-8-6-5-7-9-19)17-28-24(22)20-13-15-21(16-14-20)25(26)27/h5-9,11-16,24H,2-4,10,17H2,1H3/b12-11+. The molecule has 0 saturated carbocycles. The molecule has 1 atom stereocenters. The second kappa shape index (κ2) is 9.29. The van der Waals surface area contributed by atoms with Gasteiger partial charge in [-0.25, -0.2) is 0 Å². The molecule has 28 heavy (non-hydrogen) atoms. The Morgan fingerprint density at radius 1 is 1.21 bits per heavy atom. The number of allylic oxidation sites excluding steroid dienone is 1. The van der Waals surface area contributed by atoms with Crippen LogP contribution in [0.15, 0.2) is 84.0 Å². The van der Waals surface area contributed by atoms with Crippen LogP contribution in [0.1, 0.15) is 43.4 Å². The van der Waals surface area contributed by atoms with E-state index in [0.29, 0.717) is 6.61 Å². The first-order valence-corrected chi connectivity index (χ1v) is 9.60. The summed E-state index contributed by atoms with van der Waals surface area (Å²) in [6.07, 6.45) is 7.04. The Morgan fingerprint density at radius 2 is 1.93 bits per heavy atom. The molecule has 0 spiro atoms. The summed E-state index contributed by atoms with van der Waals surface area (Å²) in [7, 11) is 0. The Bertz CT molecular complexity index is 895. The number of non-ortho nitro benzene ring substituents is 1. The Kier molecular flexibility index (Phi) is 6.56. The van der Waals surface area contributed by atoms with Crippen LogP contribution < -0.4 is 0 Å². The summed E-state index contributed by atoms with van der Waals surface area (Å²) in [5.74, 6) is 0. The molecule has 0 aromatic heterocycles. The third kappa shape index (κ3) is 4.65. The monoisotopic (exact) mass is 375 g/mol. The van der Waals surface area contributed by atoms with Crippen molar-refractivity contribution in [2.45, 2.75) is 32.3 Å². The van der Waals surface area contributed by atoms with Crippen LogP contribution in [0.25, 0.3) is 6.08 Å². The minimum Gasteiger partial charge on any atom is -0.364 e. The lowest BCUT2D eigenvalue weighted by atomic mass is 9.92. The van der Waals surface area contributed by atoms with Crippen molar-refractivity contribution in [2.24, 2.45) is 0 Å². The molecule has 4 heteroatoms. The molecule has 1 heterocycles. The predicted molar refractivity (Wildman–Crippen MR) is 113 cm³/mol. The number of nitrogens with zero attached hydrogens (tertiary/aromatic N) is 1. The number of benzene rings is 2. The lowest BCUT2D eigenvalue weighted by Crippen LogP contribution is -2.02. The zero-order chi connectivity index (χ0) is 19.9. The maximum Gasteiger partial charge on any atom is 0.269 e. The third-order valence-corrected chi connectivity index (χ3v) is 4.97. The molecule has 0 radical (unpaired) electrons. The van der Waals surface area contributed by atoms with Crippen molar-refractivity contribution in [2.75, 3.05) is 6.61 Å². The smallest absolute Gasteiger partial charge is 0.269 e. The zero-order valence-electron chi connectivity index (χ0n) is 16.1. The van der Waals surface area contributed by atoms with Gasteiger partial charge in [0.15, 0.2) is 0 Å². The van der Waals surface area contributed by atoms with E-state index >= 15 is 0 Å². The molecule has 0 aliphatic carbocycles. The van der Waals surface area contributed by atoms with E-state index in [1.54, 1.807) is 12.1 Å². The second-order valence-electron chi connectivity index (χ2n) is 6.92. The number of nitro benzene ring substituents is 1. The van der Waals surface area contributed by atoms with Gasteiger partial charge in [0.05, 0.1) is 11.5 Å². The maximum absolute atomic E-state index is 10.9. The van der Waals surface area contributed by atoms with Gasteiger partial charge >= 0.3 is 0 Å². The quantitative estimate of drug-likeness (QED) is 0.304. The summed E-state index contributed by atoms with van der Waals surface area (Å²) in [5.41, 5.74) is 5.51. The summed E-state index contributed by atoms with van der Waals surface area (Å²) < 4.78 is 6.10. The summed E-state index contributed by atoms with van der Waals surface area (Å²) in [6.45, 7) is 6.94. The Labute approximate surface area is 166 Å². The fraction of sp³-hybridized carbons (Fsp3) is 0.250. The average molecular weight is 375 g/mol. The average Bonchev–Trinajstić information content (AvgIpc) is 3.15. The summed E-state index contributed by atoms with van der Waals surface area (Å²) in [6, 6.07) is 16.8. The van der Waals surface area contributed by atoms with Crippen LogP contribution >= 0.6 is 0 Å². The van der Waals surface area contributed by atoms with Gasteiger partial charge in [-0.05, 0) is 52.8 Å². The first kappa shape index (κ1) is 19.8. The van der Waals surface area contributed by atoms with Gasteiger partial charge in [0, 0.05) is 12.1 Å². The van der Waals surface area contributed by atoms with Crippen molar-refractivity contribution in [3.05, 3.63) is 105 Å². The van der Waals surface area contributed by atoms with E-state index in [2.05, 4.69) is 31.7 Å². The molecular weight excluding hydrogens is 350 g/mol. The van der Waals surface area contributed by atoms with Crippen molar-refractivity contribution in [3.8, 4) is 0 Å². The van der Waals surface area contributed by atoms with Gasteiger partial charge in [0.2, 0.25) is 0 Å². The van der Waals surface area contributed by atoms with Crippen LogP contribution in [0.4, 0.5) is 5.69 Å². The first-order chi connectivity index (χ1) is 13.6. The SMILES string of the molecule is C=C(/C=C/c1ccccc1)C1=C(CCCC)C(c2ccc([N+](=O)[O-])cc2)OC1. The van der Waals surface area contributed by atoms with Gasteiger partial charge in [-0.3, -0.25) is 10.1 Å². The molecule has 1 aliphatic heterocycles. The fourth-order valence-electron chi connectivity index (χ4n) is 3.40. The normalized spacial score (nSPS) is 16.7. The number of hydrogen-bond donors (Lipinski definition) is 0. The maximum atomic E-state index is 10.9. The molecule has 0 N–H and O–H groups in total. The van der Waals surface area contributed by atoms with Crippen LogP contribution in [0.3, 0.4) is 0 Å². The van der Waals surface area contributed by atoms with Crippen molar-refractivity contribution in [1.82, 2.24) is 0 Å². The minimum atomic E-state index is -0.380. The van der Waals surface area contributed by atoms with Gasteiger partial charge in [0.25, 0.3) is 5.69 Å². The molecule has 2 aromatic carbocycles. The molecule has 2 aromatic rings. The van der Waals surface area contributed by atoms with E-state index in [4.69, 9.17) is 4.74 Å². The molecule has 3 rings (SSSR count). The first-order valence-electron chi connectivity index (χ1n) is 9.60. The highest BCUT2D eigenvalue weighted by molar-refractivity contribution is 5.57.